The molecule has 0 aliphatic rings. The number of phenolic OH excluding ortho intramolecular Hbond substituents is 1. The molecule has 0 unspecified atom stereocenters. The summed E-state index contributed by atoms with van der Waals surface area (Å²) in [6, 6.07) is 21.6. The number of nitrogens with one attached hydrogen (secondary N) is 1. The average Bonchev–Trinajstić information content (AvgIpc) is 2.66. The molecule has 4 N–H and O–H groups in total. The molecule has 0 radical (unpaired) electrons. The van der Waals surface area contributed by atoms with Crippen molar-refractivity contribution in [2.24, 2.45) is 0 Å². The minimum Gasteiger partial charge on any atom is -0.506 e. The first-order valence-electron chi connectivity index (χ1n) is 7.90. The zero-order chi connectivity index (χ0) is 18.5. The van der Waals surface area contributed by atoms with Crippen molar-refractivity contribution in [1.29, 1.82) is 0 Å². The maximum atomic E-state index is 12.8. The van der Waals surface area contributed by atoms with Gasteiger partial charge in [0.2, 0.25) is 0 Å². The van der Waals surface area contributed by atoms with Gasteiger partial charge in [-0.2, -0.15) is 0 Å². The monoisotopic (exact) mass is 347 g/mol. The molecule has 0 saturated heterocycles. The molecule has 26 heavy (non-hydrogen) atoms. The standard InChI is InChI=1S/C20H17N3O3/c21-14-10-12-16(13-11-14)23(15-6-2-1-3-7-15)20(26)19(25)22-17-8-4-5-9-18(17)24/h1-13,24H,21H2,(H,22,25). The Hall–Kier alpha value is -3.80. The molecule has 0 aromatic heterocycles. The summed E-state index contributed by atoms with van der Waals surface area (Å²) < 4.78 is 0. The van der Waals surface area contributed by atoms with E-state index in [4.69, 9.17) is 5.73 Å². The molecule has 6 nitrogen and oxygen atoms in total. The van der Waals surface area contributed by atoms with E-state index in [2.05, 4.69) is 5.32 Å². The van der Waals surface area contributed by atoms with E-state index in [0.717, 1.165) is 0 Å². The fourth-order valence-electron chi connectivity index (χ4n) is 2.44. The van der Waals surface area contributed by atoms with Crippen LogP contribution in [0.1, 0.15) is 0 Å². The van der Waals surface area contributed by atoms with Crippen molar-refractivity contribution < 1.29 is 14.7 Å². The van der Waals surface area contributed by atoms with Gasteiger partial charge in [0, 0.05) is 17.1 Å². The largest absolute Gasteiger partial charge is 0.506 e. The summed E-state index contributed by atoms with van der Waals surface area (Å²) in [6.45, 7) is 0. The first-order chi connectivity index (χ1) is 12.6. The lowest BCUT2D eigenvalue weighted by atomic mass is 10.2. The number of nitrogens with zero attached hydrogens (tertiary/aromatic N) is 1. The third-order valence-electron chi connectivity index (χ3n) is 3.72. The zero-order valence-corrected chi connectivity index (χ0v) is 13.8. The van der Waals surface area contributed by atoms with Gasteiger partial charge in [-0.25, -0.2) is 0 Å². The Morgan fingerprint density at radius 3 is 2.04 bits per heavy atom. The maximum Gasteiger partial charge on any atom is 0.321 e. The van der Waals surface area contributed by atoms with E-state index in [1.165, 1.54) is 17.0 Å². The molecule has 6 heteroatoms. The summed E-state index contributed by atoms with van der Waals surface area (Å²) in [5.41, 5.74) is 7.46. The molecule has 3 aromatic carbocycles. The second-order valence-electron chi connectivity index (χ2n) is 5.54. The number of hydrogen-bond donors (Lipinski definition) is 3. The molecule has 0 atom stereocenters. The van der Waals surface area contributed by atoms with Crippen LogP contribution in [0, 0.1) is 0 Å². The number of nitrogen functional groups attached to an aromatic ring is 1. The summed E-state index contributed by atoms with van der Waals surface area (Å²) in [5.74, 6) is -1.77. The first-order valence-corrected chi connectivity index (χ1v) is 7.90. The van der Waals surface area contributed by atoms with E-state index in [1.54, 1.807) is 60.7 Å². The molecule has 3 rings (SSSR count). The lowest BCUT2D eigenvalue weighted by Gasteiger charge is -2.22. The van der Waals surface area contributed by atoms with Gasteiger partial charge in [0.1, 0.15) is 5.75 Å². The molecule has 3 aromatic rings. The van der Waals surface area contributed by atoms with Crippen LogP contribution in [-0.4, -0.2) is 16.9 Å². The molecule has 0 aliphatic carbocycles. The summed E-state index contributed by atoms with van der Waals surface area (Å²) in [6.07, 6.45) is 0. The van der Waals surface area contributed by atoms with Crippen LogP contribution in [-0.2, 0) is 9.59 Å². The molecular weight excluding hydrogens is 330 g/mol. The van der Waals surface area contributed by atoms with Crippen molar-refractivity contribution in [1.82, 2.24) is 0 Å². The lowest BCUT2D eigenvalue weighted by molar-refractivity contribution is -0.134. The van der Waals surface area contributed by atoms with Crippen molar-refractivity contribution in [3.63, 3.8) is 0 Å². The highest BCUT2D eigenvalue weighted by Gasteiger charge is 2.25. The van der Waals surface area contributed by atoms with Crippen LogP contribution >= 0.6 is 0 Å². The van der Waals surface area contributed by atoms with Gasteiger partial charge in [-0.3, -0.25) is 14.5 Å². The van der Waals surface area contributed by atoms with Crippen LogP contribution in [0.5, 0.6) is 5.75 Å². The average molecular weight is 347 g/mol. The van der Waals surface area contributed by atoms with Gasteiger partial charge in [0.05, 0.1) is 5.69 Å². The third-order valence-corrected chi connectivity index (χ3v) is 3.72. The highest BCUT2D eigenvalue weighted by atomic mass is 16.3. The number of hydrogen-bond acceptors (Lipinski definition) is 4. The van der Waals surface area contributed by atoms with Crippen molar-refractivity contribution in [3.05, 3.63) is 78.9 Å². The second-order valence-corrected chi connectivity index (χ2v) is 5.54. The lowest BCUT2D eigenvalue weighted by Crippen LogP contribution is -2.36. The SMILES string of the molecule is Nc1ccc(N(C(=O)C(=O)Nc2ccccc2O)c2ccccc2)cc1. The number of nitrogens with two attached hydrogens (primary N) is 1. The molecule has 0 fully saturated rings. The Morgan fingerprint density at radius 2 is 1.38 bits per heavy atom. The molecular formula is C20H17N3O3. The van der Waals surface area contributed by atoms with Gasteiger partial charge in [0.15, 0.2) is 0 Å². The van der Waals surface area contributed by atoms with Crippen LogP contribution in [0.3, 0.4) is 0 Å². The Balaban J connectivity index is 1.93. The van der Waals surface area contributed by atoms with Gasteiger partial charge in [-0.15, -0.1) is 0 Å². The number of carbonyl (C=O) groups is 2. The minimum absolute atomic E-state index is 0.118. The molecule has 0 aliphatic heterocycles. The maximum absolute atomic E-state index is 12.8. The highest BCUT2D eigenvalue weighted by molar-refractivity contribution is 6.45. The van der Waals surface area contributed by atoms with Crippen LogP contribution in [0.25, 0.3) is 0 Å². The number of carbonyl (C=O) groups excluding carboxylic acids is 2. The molecule has 0 heterocycles. The predicted molar refractivity (Wildman–Crippen MR) is 101 cm³/mol. The molecule has 0 bridgehead atoms. The first kappa shape index (κ1) is 17.0. The van der Waals surface area contributed by atoms with E-state index in [1.807, 2.05) is 6.07 Å². The topological polar surface area (TPSA) is 95.7 Å². The van der Waals surface area contributed by atoms with Crippen molar-refractivity contribution in [2.45, 2.75) is 0 Å². The van der Waals surface area contributed by atoms with E-state index in [-0.39, 0.29) is 11.4 Å². The Morgan fingerprint density at radius 1 is 0.808 bits per heavy atom. The zero-order valence-electron chi connectivity index (χ0n) is 13.8. The number of benzene rings is 3. The van der Waals surface area contributed by atoms with Gasteiger partial charge in [-0.1, -0.05) is 30.3 Å². The third kappa shape index (κ3) is 3.64. The Kier molecular flexibility index (Phi) is 4.85. The molecule has 2 amide bonds. The van der Waals surface area contributed by atoms with Gasteiger partial charge < -0.3 is 16.2 Å². The second kappa shape index (κ2) is 7.40. The van der Waals surface area contributed by atoms with E-state index >= 15 is 0 Å². The number of rotatable bonds is 3. The van der Waals surface area contributed by atoms with E-state index in [9.17, 15) is 14.7 Å². The number of aromatic hydroxyl groups is 1. The summed E-state index contributed by atoms with van der Waals surface area (Å²) in [5, 5.41) is 12.2. The Bertz CT molecular complexity index is 925. The van der Waals surface area contributed by atoms with Gasteiger partial charge >= 0.3 is 11.8 Å². The smallest absolute Gasteiger partial charge is 0.321 e. The fraction of sp³-hybridized carbons (Fsp3) is 0. The summed E-state index contributed by atoms with van der Waals surface area (Å²) in [4.78, 5) is 26.6. The molecule has 0 saturated carbocycles. The molecule has 130 valence electrons. The van der Waals surface area contributed by atoms with Gasteiger partial charge in [0.25, 0.3) is 0 Å². The summed E-state index contributed by atoms with van der Waals surface area (Å²) in [7, 11) is 0. The van der Waals surface area contributed by atoms with Crippen LogP contribution in [0.15, 0.2) is 78.9 Å². The quantitative estimate of drug-likeness (QED) is 0.385. The van der Waals surface area contributed by atoms with Gasteiger partial charge in [-0.05, 0) is 48.5 Å². The predicted octanol–water partition coefficient (Wildman–Crippen LogP) is 3.28. The molecule has 0 spiro atoms. The normalized spacial score (nSPS) is 10.2. The van der Waals surface area contributed by atoms with Crippen molar-refractivity contribution >= 4 is 34.6 Å². The number of amides is 2. The van der Waals surface area contributed by atoms with E-state index < -0.39 is 11.8 Å². The Labute approximate surface area is 150 Å². The minimum atomic E-state index is -0.868. The number of phenols is 1. The van der Waals surface area contributed by atoms with Crippen molar-refractivity contribution in [3.8, 4) is 5.75 Å². The highest BCUT2D eigenvalue weighted by Crippen LogP contribution is 2.27. The van der Waals surface area contributed by atoms with Crippen LogP contribution in [0.2, 0.25) is 0 Å². The van der Waals surface area contributed by atoms with Crippen molar-refractivity contribution in [2.75, 3.05) is 16.0 Å². The van der Waals surface area contributed by atoms with E-state index in [0.29, 0.717) is 17.1 Å². The number of anilines is 4. The summed E-state index contributed by atoms with van der Waals surface area (Å²) >= 11 is 0. The number of para-hydroxylation sites is 3. The van der Waals surface area contributed by atoms with Crippen LogP contribution < -0.4 is 16.0 Å². The fourth-order valence-corrected chi connectivity index (χ4v) is 2.44. The van der Waals surface area contributed by atoms with Crippen LogP contribution in [0.4, 0.5) is 22.7 Å².